The maximum Gasteiger partial charge on any atom is 0.217 e. The van der Waals surface area contributed by atoms with E-state index in [1.54, 1.807) is 24.3 Å². The highest BCUT2D eigenvalue weighted by Gasteiger charge is 2.06. The summed E-state index contributed by atoms with van der Waals surface area (Å²) < 4.78 is 26.4. The summed E-state index contributed by atoms with van der Waals surface area (Å²) in [6.45, 7) is 0. The molecule has 2 aromatic rings. The maximum atomic E-state index is 13.4. The lowest BCUT2D eigenvalue weighted by Gasteiger charge is -2.03. The molecule has 0 aliphatic heterocycles. The Morgan fingerprint density at radius 2 is 1.94 bits per heavy atom. The normalized spacial score (nSPS) is 10.4. The number of aromatic nitrogens is 1. The number of hydrogen-bond donors (Lipinski definition) is 0. The highest BCUT2D eigenvalue weighted by Crippen LogP contribution is 2.20. The van der Waals surface area contributed by atoms with E-state index in [-0.39, 0.29) is 5.82 Å². The Bertz CT molecular complexity index is 514. The predicted molar refractivity (Wildman–Crippen MR) is 62.2 cm³/mol. The lowest BCUT2D eigenvalue weighted by Crippen LogP contribution is -1.93. The van der Waals surface area contributed by atoms with E-state index in [0.29, 0.717) is 22.2 Å². The first-order chi connectivity index (χ1) is 7.70. The number of pyridine rings is 1. The van der Waals surface area contributed by atoms with Crippen LogP contribution in [0.25, 0.3) is 11.3 Å². The average molecular weight is 284 g/mol. The van der Waals surface area contributed by atoms with Crippen LogP contribution < -0.4 is 0 Å². The van der Waals surface area contributed by atoms with Crippen LogP contribution in [0.2, 0.25) is 0 Å². The molecule has 2 rings (SSSR count). The van der Waals surface area contributed by atoms with E-state index in [0.717, 1.165) is 0 Å². The maximum absolute atomic E-state index is 13.4. The molecule has 0 aliphatic rings. The fourth-order valence-corrected chi connectivity index (χ4v) is 1.79. The summed E-state index contributed by atoms with van der Waals surface area (Å²) in [6, 6.07) is 9.25. The fraction of sp³-hybridized carbons (Fsp3) is 0.0833. The largest absolute Gasteiger partial charge is 0.219 e. The van der Waals surface area contributed by atoms with E-state index in [1.165, 1.54) is 12.1 Å². The third kappa shape index (κ3) is 2.27. The number of alkyl halides is 1. The van der Waals surface area contributed by atoms with Crippen molar-refractivity contribution in [3.8, 4) is 11.3 Å². The second kappa shape index (κ2) is 4.70. The molecule has 0 fully saturated rings. The number of halogens is 3. The topological polar surface area (TPSA) is 12.9 Å². The monoisotopic (exact) mass is 283 g/mol. The molecule has 1 aromatic carbocycles. The molecule has 1 aromatic heterocycles. The zero-order valence-electron chi connectivity index (χ0n) is 8.25. The summed E-state index contributed by atoms with van der Waals surface area (Å²) in [4.78, 5) is 3.79. The smallest absolute Gasteiger partial charge is 0.217 e. The Kier molecular flexibility index (Phi) is 3.29. The quantitative estimate of drug-likeness (QED) is 0.601. The molecule has 0 amide bonds. The van der Waals surface area contributed by atoms with E-state index in [2.05, 4.69) is 20.9 Å². The van der Waals surface area contributed by atoms with Gasteiger partial charge in [0.15, 0.2) is 0 Å². The molecule has 0 aliphatic carbocycles. The van der Waals surface area contributed by atoms with Gasteiger partial charge in [0.1, 0.15) is 5.82 Å². The van der Waals surface area contributed by atoms with Crippen molar-refractivity contribution in [1.29, 1.82) is 0 Å². The molecule has 0 unspecified atom stereocenters. The Morgan fingerprint density at radius 3 is 2.56 bits per heavy atom. The van der Waals surface area contributed by atoms with Crippen molar-refractivity contribution in [2.45, 2.75) is 5.33 Å². The number of benzene rings is 1. The van der Waals surface area contributed by atoms with Crippen LogP contribution in [0.4, 0.5) is 8.78 Å². The molecule has 1 nitrogen and oxygen atoms in total. The van der Waals surface area contributed by atoms with Crippen LogP contribution in [0.1, 0.15) is 5.56 Å². The van der Waals surface area contributed by atoms with E-state index < -0.39 is 5.95 Å². The molecule has 1 heterocycles. The van der Waals surface area contributed by atoms with Crippen LogP contribution >= 0.6 is 15.9 Å². The summed E-state index contributed by atoms with van der Waals surface area (Å²) in [5, 5.41) is 0.412. The van der Waals surface area contributed by atoms with Gasteiger partial charge in [-0.25, -0.2) is 9.37 Å². The van der Waals surface area contributed by atoms with Gasteiger partial charge >= 0.3 is 0 Å². The Labute approximate surface area is 100 Å². The van der Waals surface area contributed by atoms with E-state index in [9.17, 15) is 8.78 Å². The van der Waals surface area contributed by atoms with E-state index in [4.69, 9.17) is 0 Å². The highest BCUT2D eigenvalue weighted by atomic mass is 79.9. The molecule has 0 radical (unpaired) electrons. The highest BCUT2D eigenvalue weighted by molar-refractivity contribution is 9.08. The minimum Gasteiger partial charge on any atom is -0.219 e. The lowest BCUT2D eigenvalue weighted by atomic mass is 10.1. The SMILES string of the molecule is Fc1cccc(-c2ccc(CBr)c(F)n2)c1. The van der Waals surface area contributed by atoms with Gasteiger partial charge in [0.25, 0.3) is 0 Å². The second-order valence-corrected chi connectivity index (χ2v) is 3.85. The van der Waals surface area contributed by atoms with Crippen molar-refractivity contribution in [2.24, 2.45) is 0 Å². The van der Waals surface area contributed by atoms with Crippen molar-refractivity contribution in [1.82, 2.24) is 4.98 Å². The van der Waals surface area contributed by atoms with Gasteiger partial charge in [-0.05, 0) is 18.2 Å². The molecular formula is C12H8BrF2N. The van der Waals surface area contributed by atoms with Crippen molar-refractivity contribution in [3.63, 3.8) is 0 Å². The van der Waals surface area contributed by atoms with Gasteiger partial charge in [0.2, 0.25) is 5.95 Å². The van der Waals surface area contributed by atoms with Crippen LogP contribution in [-0.2, 0) is 5.33 Å². The van der Waals surface area contributed by atoms with Gasteiger partial charge in [-0.1, -0.05) is 34.1 Å². The first kappa shape index (κ1) is 11.2. The molecule has 0 N–H and O–H groups in total. The molecule has 4 heteroatoms. The number of rotatable bonds is 2. The molecular weight excluding hydrogens is 276 g/mol. The number of nitrogens with zero attached hydrogens (tertiary/aromatic N) is 1. The van der Waals surface area contributed by atoms with Gasteiger partial charge in [-0.3, -0.25) is 0 Å². The third-order valence-electron chi connectivity index (χ3n) is 2.19. The van der Waals surface area contributed by atoms with E-state index in [1.807, 2.05) is 0 Å². The van der Waals surface area contributed by atoms with Crippen LogP contribution in [0.3, 0.4) is 0 Å². The molecule has 0 atom stereocenters. The number of hydrogen-bond acceptors (Lipinski definition) is 1. The molecule has 16 heavy (non-hydrogen) atoms. The van der Waals surface area contributed by atoms with Crippen molar-refractivity contribution in [2.75, 3.05) is 0 Å². The van der Waals surface area contributed by atoms with Crippen molar-refractivity contribution < 1.29 is 8.78 Å². The minimum absolute atomic E-state index is 0.357. The Balaban J connectivity index is 2.45. The minimum atomic E-state index is -0.529. The lowest BCUT2D eigenvalue weighted by molar-refractivity contribution is 0.575. The van der Waals surface area contributed by atoms with Gasteiger partial charge < -0.3 is 0 Å². The Morgan fingerprint density at radius 1 is 1.12 bits per heavy atom. The summed E-state index contributed by atoms with van der Waals surface area (Å²) >= 11 is 3.16. The summed E-state index contributed by atoms with van der Waals surface area (Å²) in [6.07, 6.45) is 0. The van der Waals surface area contributed by atoms with Crippen LogP contribution in [0, 0.1) is 11.8 Å². The summed E-state index contributed by atoms with van der Waals surface area (Å²) in [7, 11) is 0. The van der Waals surface area contributed by atoms with Gasteiger partial charge in [-0.15, -0.1) is 0 Å². The first-order valence-electron chi connectivity index (χ1n) is 4.68. The Hall–Kier alpha value is -1.29. The standard InChI is InChI=1S/C12H8BrF2N/c13-7-9-4-5-11(16-12(9)15)8-2-1-3-10(14)6-8/h1-6H,7H2. The molecule has 0 spiro atoms. The van der Waals surface area contributed by atoms with Gasteiger partial charge in [0.05, 0.1) is 5.69 Å². The summed E-state index contributed by atoms with van der Waals surface area (Å²) in [5.74, 6) is -0.886. The molecule has 0 saturated heterocycles. The fourth-order valence-electron chi connectivity index (χ4n) is 1.37. The van der Waals surface area contributed by atoms with Crippen molar-refractivity contribution >= 4 is 15.9 Å². The zero-order valence-corrected chi connectivity index (χ0v) is 9.84. The van der Waals surface area contributed by atoms with Crippen LogP contribution in [0.15, 0.2) is 36.4 Å². The van der Waals surface area contributed by atoms with Crippen LogP contribution in [-0.4, -0.2) is 4.98 Å². The van der Waals surface area contributed by atoms with E-state index >= 15 is 0 Å². The van der Waals surface area contributed by atoms with Crippen LogP contribution in [0.5, 0.6) is 0 Å². The molecule has 0 saturated carbocycles. The molecule has 82 valence electrons. The second-order valence-electron chi connectivity index (χ2n) is 3.29. The van der Waals surface area contributed by atoms with Gasteiger partial charge in [0, 0.05) is 16.5 Å². The average Bonchev–Trinajstić information content (AvgIpc) is 2.29. The zero-order chi connectivity index (χ0) is 11.5. The van der Waals surface area contributed by atoms with Crippen molar-refractivity contribution in [3.05, 3.63) is 53.7 Å². The third-order valence-corrected chi connectivity index (χ3v) is 2.79. The first-order valence-corrected chi connectivity index (χ1v) is 5.80. The van der Waals surface area contributed by atoms with Gasteiger partial charge in [-0.2, -0.15) is 4.39 Å². The predicted octanol–water partition coefficient (Wildman–Crippen LogP) is 3.92. The molecule has 0 bridgehead atoms. The summed E-state index contributed by atoms with van der Waals surface area (Å²) in [5.41, 5.74) is 1.49.